The Hall–Kier alpha value is -1.63. The number of rotatable bonds is 2. The highest BCUT2D eigenvalue weighted by atomic mass is 79.9. The molecule has 108 valence electrons. The van der Waals surface area contributed by atoms with Gasteiger partial charge in [0, 0.05) is 17.6 Å². The second kappa shape index (κ2) is 6.21. The number of halogens is 1. The van der Waals surface area contributed by atoms with Crippen LogP contribution in [0.3, 0.4) is 0 Å². The molecule has 2 amide bonds. The molecule has 0 saturated carbocycles. The van der Waals surface area contributed by atoms with Gasteiger partial charge in [-0.3, -0.25) is 10.1 Å². The average Bonchev–Trinajstić information content (AvgIpc) is 2.43. The predicted octanol–water partition coefficient (Wildman–Crippen LogP) is 2.48. The molecular formula is C13H16BrN3O3. The Bertz CT molecular complexity index is 528. The summed E-state index contributed by atoms with van der Waals surface area (Å²) < 4.78 is 0.887. The summed E-state index contributed by atoms with van der Waals surface area (Å²) in [5.74, 6) is -0.626. The standard InChI is InChI=1S/C13H16BrN3O3/c1-8-10(14)2-3-11(15-8)16-13(20)17-6-4-9(5-7-17)12(18)19/h2-3,9H,4-7H2,1H3,(H,18,19)(H,15,16,20). The first kappa shape index (κ1) is 14.8. The lowest BCUT2D eigenvalue weighted by molar-refractivity contribution is -0.143. The number of pyridine rings is 1. The number of piperidine rings is 1. The van der Waals surface area contributed by atoms with Crippen LogP contribution in [-0.4, -0.2) is 40.1 Å². The zero-order valence-electron chi connectivity index (χ0n) is 11.1. The summed E-state index contributed by atoms with van der Waals surface area (Å²) in [6, 6.07) is 3.32. The topological polar surface area (TPSA) is 82.5 Å². The molecule has 6 nitrogen and oxygen atoms in total. The van der Waals surface area contributed by atoms with Crippen molar-refractivity contribution < 1.29 is 14.7 Å². The molecule has 0 aromatic carbocycles. The second-order valence-corrected chi connectivity index (χ2v) is 5.65. The minimum Gasteiger partial charge on any atom is -0.481 e. The van der Waals surface area contributed by atoms with Crippen LogP contribution in [0, 0.1) is 12.8 Å². The minimum atomic E-state index is -0.782. The summed E-state index contributed by atoms with van der Waals surface area (Å²) in [6.45, 7) is 2.76. The van der Waals surface area contributed by atoms with E-state index in [4.69, 9.17) is 5.11 Å². The highest BCUT2D eigenvalue weighted by molar-refractivity contribution is 9.10. The van der Waals surface area contributed by atoms with E-state index in [9.17, 15) is 9.59 Å². The van der Waals surface area contributed by atoms with Gasteiger partial charge in [-0.1, -0.05) is 0 Å². The number of likely N-dealkylation sites (tertiary alicyclic amines) is 1. The van der Waals surface area contributed by atoms with Crippen LogP contribution in [0.25, 0.3) is 0 Å². The van der Waals surface area contributed by atoms with Crippen molar-refractivity contribution in [1.29, 1.82) is 0 Å². The Morgan fingerprint density at radius 3 is 2.60 bits per heavy atom. The van der Waals surface area contributed by atoms with Gasteiger partial charge in [0.15, 0.2) is 0 Å². The number of hydrogen-bond donors (Lipinski definition) is 2. The van der Waals surface area contributed by atoms with Crippen LogP contribution in [0.15, 0.2) is 16.6 Å². The summed E-state index contributed by atoms with van der Waals surface area (Å²) >= 11 is 3.35. The molecule has 1 aromatic heterocycles. The van der Waals surface area contributed by atoms with Crippen LogP contribution in [0.2, 0.25) is 0 Å². The molecule has 1 aliphatic rings. The molecule has 2 rings (SSSR count). The van der Waals surface area contributed by atoms with E-state index in [1.165, 1.54) is 0 Å². The molecule has 1 aliphatic heterocycles. The monoisotopic (exact) mass is 341 g/mol. The number of nitrogens with zero attached hydrogens (tertiary/aromatic N) is 2. The SMILES string of the molecule is Cc1nc(NC(=O)N2CCC(C(=O)O)CC2)ccc1Br. The molecule has 2 heterocycles. The summed E-state index contributed by atoms with van der Waals surface area (Å²) in [5, 5.41) is 11.7. The Morgan fingerprint density at radius 1 is 1.40 bits per heavy atom. The molecule has 1 fully saturated rings. The molecule has 20 heavy (non-hydrogen) atoms. The molecule has 0 spiro atoms. The van der Waals surface area contributed by atoms with Gasteiger partial charge in [0.25, 0.3) is 0 Å². The Labute approximate surface area is 125 Å². The van der Waals surface area contributed by atoms with E-state index in [2.05, 4.69) is 26.2 Å². The number of carboxylic acid groups (broad SMARTS) is 1. The average molecular weight is 342 g/mol. The first-order chi connectivity index (χ1) is 9.47. The second-order valence-electron chi connectivity index (χ2n) is 4.79. The summed E-state index contributed by atoms with van der Waals surface area (Å²) in [5.41, 5.74) is 0.799. The Kier molecular flexibility index (Phi) is 4.59. The van der Waals surface area contributed by atoms with Crippen molar-refractivity contribution in [3.8, 4) is 0 Å². The van der Waals surface area contributed by atoms with Gasteiger partial charge in [-0.15, -0.1) is 0 Å². The molecule has 0 unspecified atom stereocenters. The van der Waals surface area contributed by atoms with Crippen molar-refractivity contribution in [3.63, 3.8) is 0 Å². The van der Waals surface area contributed by atoms with Gasteiger partial charge in [-0.25, -0.2) is 9.78 Å². The van der Waals surface area contributed by atoms with Crippen LogP contribution >= 0.6 is 15.9 Å². The van der Waals surface area contributed by atoms with Crippen LogP contribution in [0.1, 0.15) is 18.5 Å². The number of nitrogens with one attached hydrogen (secondary N) is 1. The van der Waals surface area contributed by atoms with Gasteiger partial charge in [-0.2, -0.15) is 0 Å². The zero-order chi connectivity index (χ0) is 14.7. The summed E-state index contributed by atoms with van der Waals surface area (Å²) in [6.07, 6.45) is 0.991. The third-order valence-corrected chi connectivity index (χ3v) is 4.23. The van der Waals surface area contributed by atoms with Gasteiger partial charge in [0.05, 0.1) is 11.6 Å². The molecular weight excluding hydrogens is 326 g/mol. The van der Waals surface area contributed by atoms with E-state index in [1.807, 2.05) is 13.0 Å². The first-order valence-electron chi connectivity index (χ1n) is 6.39. The van der Waals surface area contributed by atoms with E-state index >= 15 is 0 Å². The fourth-order valence-corrected chi connectivity index (χ4v) is 2.35. The summed E-state index contributed by atoms with van der Waals surface area (Å²) in [7, 11) is 0. The maximum atomic E-state index is 12.1. The normalized spacial score (nSPS) is 16.0. The number of hydrogen-bond acceptors (Lipinski definition) is 3. The molecule has 0 aliphatic carbocycles. The van der Waals surface area contributed by atoms with Crippen molar-refractivity contribution in [2.75, 3.05) is 18.4 Å². The number of carboxylic acids is 1. The third-order valence-electron chi connectivity index (χ3n) is 3.39. The molecule has 7 heteroatoms. The van der Waals surface area contributed by atoms with Gasteiger partial charge < -0.3 is 10.0 Å². The number of anilines is 1. The quantitative estimate of drug-likeness (QED) is 0.865. The number of amides is 2. The smallest absolute Gasteiger partial charge is 0.323 e. The Morgan fingerprint density at radius 2 is 2.05 bits per heavy atom. The molecule has 0 bridgehead atoms. The number of aliphatic carboxylic acids is 1. The van der Waals surface area contributed by atoms with E-state index in [1.54, 1.807) is 11.0 Å². The molecule has 0 atom stereocenters. The van der Waals surface area contributed by atoms with E-state index < -0.39 is 5.97 Å². The number of carbonyl (C=O) groups is 2. The largest absolute Gasteiger partial charge is 0.481 e. The van der Waals surface area contributed by atoms with Crippen molar-refractivity contribution in [1.82, 2.24) is 9.88 Å². The van der Waals surface area contributed by atoms with Crippen molar-refractivity contribution in [2.24, 2.45) is 5.92 Å². The van der Waals surface area contributed by atoms with Crippen LogP contribution < -0.4 is 5.32 Å². The molecule has 1 aromatic rings. The lowest BCUT2D eigenvalue weighted by Gasteiger charge is -2.30. The van der Waals surface area contributed by atoms with Gasteiger partial charge in [0.1, 0.15) is 5.82 Å². The fraction of sp³-hybridized carbons (Fsp3) is 0.462. The maximum Gasteiger partial charge on any atom is 0.323 e. The summed E-state index contributed by atoms with van der Waals surface area (Å²) in [4.78, 5) is 28.8. The predicted molar refractivity (Wildman–Crippen MR) is 77.6 cm³/mol. The number of urea groups is 1. The van der Waals surface area contributed by atoms with Crippen molar-refractivity contribution in [3.05, 3.63) is 22.3 Å². The fourth-order valence-electron chi connectivity index (χ4n) is 2.13. The third kappa shape index (κ3) is 3.47. The van der Waals surface area contributed by atoms with Gasteiger partial charge >= 0.3 is 12.0 Å². The van der Waals surface area contributed by atoms with E-state index in [0.29, 0.717) is 31.7 Å². The van der Waals surface area contributed by atoms with Gasteiger partial charge in [-0.05, 0) is 47.8 Å². The molecule has 2 N–H and O–H groups in total. The lowest BCUT2D eigenvalue weighted by atomic mass is 9.97. The van der Waals surface area contributed by atoms with Gasteiger partial charge in [0.2, 0.25) is 0 Å². The van der Waals surface area contributed by atoms with E-state index in [-0.39, 0.29) is 11.9 Å². The maximum absolute atomic E-state index is 12.1. The number of aromatic nitrogens is 1. The highest BCUT2D eigenvalue weighted by Crippen LogP contribution is 2.19. The molecule has 0 radical (unpaired) electrons. The van der Waals surface area contributed by atoms with Crippen LogP contribution in [0.4, 0.5) is 10.6 Å². The van der Waals surface area contributed by atoms with E-state index in [0.717, 1.165) is 10.2 Å². The van der Waals surface area contributed by atoms with Crippen molar-refractivity contribution >= 4 is 33.7 Å². The minimum absolute atomic E-state index is 0.233. The number of aryl methyl sites for hydroxylation is 1. The van der Waals surface area contributed by atoms with Crippen LogP contribution in [0.5, 0.6) is 0 Å². The lowest BCUT2D eigenvalue weighted by Crippen LogP contribution is -2.42. The molecule has 1 saturated heterocycles. The highest BCUT2D eigenvalue weighted by Gasteiger charge is 2.27. The number of carbonyl (C=O) groups excluding carboxylic acids is 1. The Balaban J connectivity index is 1.92. The first-order valence-corrected chi connectivity index (χ1v) is 7.18. The van der Waals surface area contributed by atoms with Crippen LogP contribution in [-0.2, 0) is 4.79 Å². The van der Waals surface area contributed by atoms with Crippen molar-refractivity contribution in [2.45, 2.75) is 19.8 Å². The zero-order valence-corrected chi connectivity index (χ0v) is 12.7.